The Bertz CT molecular complexity index is 725. The molecule has 0 saturated carbocycles. The van der Waals surface area contributed by atoms with E-state index in [-0.39, 0.29) is 48.0 Å². The first-order chi connectivity index (χ1) is 12.9. The zero-order valence-electron chi connectivity index (χ0n) is 16.1. The van der Waals surface area contributed by atoms with Crippen LogP contribution in [0.4, 0.5) is 0 Å². The molecule has 2 rings (SSSR count). The third-order valence-electron chi connectivity index (χ3n) is 3.82. The maximum absolute atomic E-state index is 10.4. The molecule has 0 radical (unpaired) electrons. The number of aliphatic hydroxyl groups excluding tert-OH is 1. The number of carbonyl (C=O) groups is 1. The first kappa shape index (κ1) is 24.3. The summed E-state index contributed by atoms with van der Waals surface area (Å²) in [5.41, 5.74) is 1.05. The second-order valence-electron chi connectivity index (χ2n) is 6.25. The van der Waals surface area contributed by atoms with Crippen molar-refractivity contribution in [3.8, 4) is 17.2 Å². The van der Waals surface area contributed by atoms with Crippen LogP contribution in [0.1, 0.15) is 12.5 Å². The van der Waals surface area contributed by atoms with Crippen molar-refractivity contribution in [1.82, 2.24) is 5.32 Å². The van der Waals surface area contributed by atoms with E-state index in [0.29, 0.717) is 18.0 Å². The number of para-hydroxylation sites is 2. The topological polar surface area (TPSA) is 111 Å². The number of phenols is 1. The number of carboxylic acids is 1. The Labute approximate surface area is 186 Å². The fourth-order valence-electron chi connectivity index (χ4n) is 2.45. The monoisotopic (exact) mass is 397 g/mol. The van der Waals surface area contributed by atoms with Crippen molar-refractivity contribution in [3.05, 3.63) is 54.1 Å². The summed E-state index contributed by atoms with van der Waals surface area (Å²) in [5, 5.41) is 33.2. The third-order valence-corrected chi connectivity index (χ3v) is 3.82. The van der Waals surface area contributed by atoms with E-state index in [1.807, 2.05) is 19.1 Å². The number of aromatic hydroxyl groups is 1. The van der Waals surface area contributed by atoms with Crippen LogP contribution in [0, 0.1) is 0 Å². The summed E-state index contributed by atoms with van der Waals surface area (Å²) in [4.78, 5) is 10.4. The van der Waals surface area contributed by atoms with E-state index < -0.39 is 18.7 Å². The number of rotatable bonds is 11. The van der Waals surface area contributed by atoms with Crippen LogP contribution < -0.4 is 49.5 Å². The van der Waals surface area contributed by atoms with Crippen molar-refractivity contribution in [2.24, 2.45) is 0 Å². The molecule has 0 aromatic heterocycles. The minimum Gasteiger partial charge on any atom is -0.546 e. The summed E-state index contributed by atoms with van der Waals surface area (Å²) in [6, 6.07) is 13.9. The van der Waals surface area contributed by atoms with E-state index in [4.69, 9.17) is 9.47 Å². The zero-order valence-corrected chi connectivity index (χ0v) is 18.1. The number of nitrogens with one attached hydrogen (secondary N) is 1. The molecule has 0 saturated heterocycles. The standard InChI is InChI=1S/C20H25NO6.Na/c1-14(10-15-6-8-17(9-7-15)26-13-20(24)25)21-11-16(22)12-27-19-5-3-2-4-18(19)23;/h2-9,14,16,21-23H,10-13H2,1H3,(H,24,25);/q;+1/p-1. The van der Waals surface area contributed by atoms with Gasteiger partial charge in [-0.05, 0) is 43.2 Å². The van der Waals surface area contributed by atoms with Crippen LogP contribution in [-0.2, 0) is 11.2 Å². The van der Waals surface area contributed by atoms with Crippen LogP contribution in [0.15, 0.2) is 48.5 Å². The molecule has 2 atom stereocenters. The van der Waals surface area contributed by atoms with E-state index in [1.54, 1.807) is 30.3 Å². The maximum atomic E-state index is 10.4. The van der Waals surface area contributed by atoms with Crippen LogP contribution >= 0.6 is 0 Å². The summed E-state index contributed by atoms with van der Waals surface area (Å²) in [7, 11) is 0. The van der Waals surface area contributed by atoms with Crippen molar-refractivity contribution in [2.75, 3.05) is 19.8 Å². The summed E-state index contributed by atoms with van der Waals surface area (Å²) < 4.78 is 10.4. The molecule has 0 bridgehead atoms. The average molecular weight is 397 g/mol. The summed E-state index contributed by atoms with van der Waals surface area (Å²) in [6.07, 6.45) is 0.0147. The number of benzene rings is 2. The first-order valence-electron chi connectivity index (χ1n) is 8.68. The number of phenolic OH excluding ortho intramolecular Hbond substituents is 1. The molecule has 8 heteroatoms. The third kappa shape index (κ3) is 8.95. The van der Waals surface area contributed by atoms with Crippen LogP contribution in [0.25, 0.3) is 0 Å². The van der Waals surface area contributed by atoms with Gasteiger partial charge in [0.25, 0.3) is 0 Å². The summed E-state index contributed by atoms with van der Waals surface area (Å²) >= 11 is 0. The van der Waals surface area contributed by atoms with Crippen LogP contribution in [0.3, 0.4) is 0 Å². The smallest absolute Gasteiger partial charge is 0.546 e. The van der Waals surface area contributed by atoms with Gasteiger partial charge in [0.05, 0.1) is 5.97 Å². The summed E-state index contributed by atoms with van der Waals surface area (Å²) in [5.74, 6) is -0.411. The van der Waals surface area contributed by atoms with E-state index in [0.717, 1.165) is 12.0 Å². The minimum absolute atomic E-state index is 0. The Kier molecular flexibility index (Phi) is 11.0. The molecule has 7 nitrogen and oxygen atoms in total. The van der Waals surface area contributed by atoms with Crippen molar-refractivity contribution in [3.63, 3.8) is 0 Å². The molecule has 3 N–H and O–H groups in total. The predicted octanol–water partition coefficient (Wildman–Crippen LogP) is -2.51. The van der Waals surface area contributed by atoms with E-state index in [1.165, 1.54) is 6.07 Å². The Morgan fingerprint density at radius 3 is 2.46 bits per heavy atom. The molecular weight excluding hydrogens is 373 g/mol. The number of carboxylic acid groups (broad SMARTS) is 1. The molecule has 0 amide bonds. The molecule has 0 aliphatic rings. The van der Waals surface area contributed by atoms with Gasteiger partial charge in [0.15, 0.2) is 11.5 Å². The van der Waals surface area contributed by atoms with Gasteiger partial charge in [0, 0.05) is 12.6 Å². The van der Waals surface area contributed by atoms with Gasteiger partial charge in [-0.2, -0.15) is 0 Å². The SMILES string of the molecule is CC(Cc1ccc(OCC(=O)[O-])cc1)NCC(O)COc1ccccc1O.[Na+]. The van der Waals surface area contributed by atoms with Crippen LogP contribution in [0.2, 0.25) is 0 Å². The molecule has 28 heavy (non-hydrogen) atoms. The minimum atomic E-state index is -1.26. The van der Waals surface area contributed by atoms with Gasteiger partial charge in [-0.3, -0.25) is 0 Å². The summed E-state index contributed by atoms with van der Waals surface area (Å²) in [6.45, 7) is 1.94. The zero-order chi connectivity index (χ0) is 19.6. The van der Waals surface area contributed by atoms with E-state index >= 15 is 0 Å². The fraction of sp³-hybridized carbons (Fsp3) is 0.350. The number of hydrogen-bond donors (Lipinski definition) is 3. The largest absolute Gasteiger partial charge is 1.00 e. The van der Waals surface area contributed by atoms with Crippen molar-refractivity contribution < 1.29 is 59.1 Å². The molecule has 0 spiro atoms. The maximum Gasteiger partial charge on any atom is 1.00 e. The Hall–Kier alpha value is -1.77. The molecule has 2 unspecified atom stereocenters. The molecule has 2 aromatic rings. The van der Waals surface area contributed by atoms with Gasteiger partial charge in [0.2, 0.25) is 0 Å². The average Bonchev–Trinajstić information content (AvgIpc) is 2.65. The van der Waals surface area contributed by atoms with Gasteiger partial charge in [-0.15, -0.1) is 0 Å². The van der Waals surface area contributed by atoms with Crippen LogP contribution in [-0.4, -0.2) is 48.1 Å². The van der Waals surface area contributed by atoms with Gasteiger partial charge in [0.1, 0.15) is 25.1 Å². The Balaban J connectivity index is 0.00000392. The molecule has 2 aromatic carbocycles. The van der Waals surface area contributed by atoms with Crippen molar-refractivity contribution in [1.29, 1.82) is 0 Å². The molecule has 0 aliphatic carbocycles. The second-order valence-corrected chi connectivity index (χ2v) is 6.25. The Morgan fingerprint density at radius 1 is 1.14 bits per heavy atom. The van der Waals surface area contributed by atoms with Gasteiger partial charge < -0.3 is 34.9 Å². The van der Waals surface area contributed by atoms with E-state index in [9.17, 15) is 20.1 Å². The fourth-order valence-corrected chi connectivity index (χ4v) is 2.45. The number of ether oxygens (including phenoxy) is 2. The van der Waals surface area contributed by atoms with Gasteiger partial charge in [-0.1, -0.05) is 24.3 Å². The first-order valence-corrected chi connectivity index (χ1v) is 8.68. The molecular formula is C20H24NNaO6. The second kappa shape index (κ2) is 12.6. The molecule has 0 fully saturated rings. The van der Waals surface area contributed by atoms with E-state index in [2.05, 4.69) is 5.32 Å². The molecule has 0 heterocycles. The Morgan fingerprint density at radius 2 is 1.82 bits per heavy atom. The quantitative estimate of drug-likeness (QED) is 0.359. The van der Waals surface area contributed by atoms with Crippen LogP contribution in [0.5, 0.6) is 17.2 Å². The van der Waals surface area contributed by atoms with Gasteiger partial charge in [-0.25, -0.2) is 0 Å². The number of aliphatic hydroxyl groups is 1. The normalized spacial score (nSPS) is 12.5. The molecule has 146 valence electrons. The van der Waals surface area contributed by atoms with Gasteiger partial charge >= 0.3 is 29.6 Å². The number of hydrogen-bond acceptors (Lipinski definition) is 7. The molecule has 0 aliphatic heterocycles. The number of carbonyl (C=O) groups excluding carboxylic acids is 1. The van der Waals surface area contributed by atoms with Crippen molar-refractivity contribution >= 4 is 5.97 Å². The number of aliphatic carboxylic acids is 1. The predicted molar refractivity (Wildman–Crippen MR) is 97.7 cm³/mol. The van der Waals surface area contributed by atoms with Crippen molar-refractivity contribution in [2.45, 2.75) is 25.5 Å².